The largest absolute Gasteiger partial charge is 0.417 e. The number of halogens is 4. The summed E-state index contributed by atoms with van der Waals surface area (Å²) in [5.74, 6) is -1.75. The molecular weight excluding hydrogens is 526 g/mol. The lowest BCUT2D eigenvalue weighted by Gasteiger charge is -2.16. The van der Waals surface area contributed by atoms with E-state index >= 15 is 0 Å². The molecule has 4 aromatic rings. The van der Waals surface area contributed by atoms with E-state index in [2.05, 4.69) is 25.4 Å². The number of hydrogen-bond donors (Lipinski definition) is 1. The van der Waals surface area contributed by atoms with Crippen LogP contribution in [0.15, 0.2) is 78.3 Å². The molecule has 0 fully saturated rings. The van der Waals surface area contributed by atoms with Crippen LogP contribution in [0.3, 0.4) is 0 Å². The molecule has 4 heterocycles. The Morgan fingerprint density at radius 3 is 2.50 bits per heavy atom. The minimum atomic E-state index is -4.73. The van der Waals surface area contributed by atoms with E-state index in [1.54, 1.807) is 30.6 Å². The summed E-state index contributed by atoms with van der Waals surface area (Å²) in [6.07, 6.45) is -0.793. The minimum absolute atomic E-state index is 0.220. The molecule has 204 valence electrons. The topological polar surface area (TPSA) is 89.4 Å². The molecule has 7 nitrogen and oxygen atoms in total. The van der Waals surface area contributed by atoms with Crippen molar-refractivity contribution in [3.63, 3.8) is 0 Å². The van der Waals surface area contributed by atoms with Gasteiger partial charge in [0.15, 0.2) is 6.10 Å². The summed E-state index contributed by atoms with van der Waals surface area (Å²) in [5, 5.41) is 6.86. The number of aromatic nitrogens is 3. The summed E-state index contributed by atoms with van der Waals surface area (Å²) in [5.41, 5.74) is 2.85. The fourth-order valence-corrected chi connectivity index (χ4v) is 4.26. The number of oxime groups is 1. The molecule has 11 heteroatoms. The standard InChI is InChI=1S/C29H23F4N5O2/c1-16-6-7-23(35-14-16)18-9-19(25-13-26(40-38-25)24-5-3-4-8-34-24)11-20(10-18)28(39)37-17(2)27-22(30)12-21(15-36-27)29(31,32)33/h3-12,14-15,17,26H,13H2,1-2H3,(H,37,39)/t17-,26+/m1/s1. The number of rotatable bonds is 6. The lowest BCUT2D eigenvalue weighted by atomic mass is 9.96. The van der Waals surface area contributed by atoms with Gasteiger partial charge in [-0.3, -0.25) is 19.7 Å². The average molecular weight is 550 g/mol. The maximum absolute atomic E-state index is 14.5. The zero-order chi connectivity index (χ0) is 28.4. The van der Waals surface area contributed by atoms with Crippen LogP contribution in [0, 0.1) is 12.7 Å². The predicted octanol–water partition coefficient (Wildman–Crippen LogP) is 6.36. The highest BCUT2D eigenvalue weighted by molar-refractivity contribution is 6.05. The smallest absolute Gasteiger partial charge is 0.385 e. The Labute approximate surface area is 227 Å². The third kappa shape index (κ3) is 5.83. The van der Waals surface area contributed by atoms with Gasteiger partial charge in [0.2, 0.25) is 0 Å². The maximum Gasteiger partial charge on any atom is 0.417 e. The van der Waals surface area contributed by atoms with Crippen LogP contribution in [0.1, 0.15) is 63.9 Å². The second-order valence-electron chi connectivity index (χ2n) is 9.39. The molecule has 0 unspecified atom stereocenters. The molecule has 0 saturated carbocycles. The molecule has 0 aliphatic carbocycles. The third-order valence-corrected chi connectivity index (χ3v) is 6.38. The molecule has 1 aromatic carbocycles. The summed E-state index contributed by atoms with van der Waals surface area (Å²) in [6, 6.07) is 13.7. The fraction of sp³-hybridized carbons (Fsp3) is 0.207. The molecule has 0 spiro atoms. The lowest BCUT2D eigenvalue weighted by Crippen LogP contribution is -2.28. The van der Waals surface area contributed by atoms with Gasteiger partial charge in [0.1, 0.15) is 5.82 Å². The molecule has 2 atom stereocenters. The molecule has 1 amide bonds. The van der Waals surface area contributed by atoms with Crippen LogP contribution in [0.4, 0.5) is 17.6 Å². The van der Waals surface area contributed by atoms with Gasteiger partial charge in [-0.15, -0.1) is 0 Å². The Morgan fingerprint density at radius 1 is 1.02 bits per heavy atom. The molecule has 0 saturated heterocycles. The van der Waals surface area contributed by atoms with Crippen LogP contribution < -0.4 is 5.32 Å². The number of hydrogen-bond acceptors (Lipinski definition) is 6. The first-order valence-corrected chi connectivity index (χ1v) is 12.3. The van der Waals surface area contributed by atoms with Crippen LogP contribution >= 0.6 is 0 Å². The zero-order valence-corrected chi connectivity index (χ0v) is 21.4. The summed E-state index contributed by atoms with van der Waals surface area (Å²) in [6.45, 7) is 3.35. The number of nitrogens with one attached hydrogen (secondary N) is 1. The van der Waals surface area contributed by atoms with Gasteiger partial charge in [-0.2, -0.15) is 13.2 Å². The fourth-order valence-electron chi connectivity index (χ4n) is 4.26. The van der Waals surface area contributed by atoms with Gasteiger partial charge in [0, 0.05) is 41.7 Å². The highest BCUT2D eigenvalue weighted by Crippen LogP contribution is 2.32. The van der Waals surface area contributed by atoms with Crippen molar-refractivity contribution >= 4 is 11.6 Å². The van der Waals surface area contributed by atoms with Gasteiger partial charge >= 0.3 is 6.18 Å². The molecule has 40 heavy (non-hydrogen) atoms. The number of pyridine rings is 3. The maximum atomic E-state index is 14.5. The summed E-state index contributed by atoms with van der Waals surface area (Å²) < 4.78 is 53.2. The van der Waals surface area contributed by atoms with E-state index in [0.29, 0.717) is 41.2 Å². The molecule has 3 aromatic heterocycles. The van der Waals surface area contributed by atoms with Gasteiger partial charge < -0.3 is 10.2 Å². The Kier molecular flexibility index (Phi) is 7.29. The van der Waals surface area contributed by atoms with Gasteiger partial charge in [-0.05, 0) is 61.9 Å². The Morgan fingerprint density at radius 2 is 1.82 bits per heavy atom. The van der Waals surface area contributed by atoms with Crippen molar-refractivity contribution in [2.75, 3.05) is 0 Å². The number of amides is 1. The predicted molar refractivity (Wildman–Crippen MR) is 139 cm³/mol. The second-order valence-corrected chi connectivity index (χ2v) is 9.39. The lowest BCUT2D eigenvalue weighted by molar-refractivity contribution is -0.138. The minimum Gasteiger partial charge on any atom is -0.385 e. The van der Waals surface area contributed by atoms with E-state index < -0.39 is 29.5 Å². The van der Waals surface area contributed by atoms with Crippen molar-refractivity contribution in [1.29, 1.82) is 0 Å². The average Bonchev–Trinajstić information content (AvgIpc) is 3.44. The molecule has 5 rings (SSSR count). The molecule has 1 aliphatic rings. The van der Waals surface area contributed by atoms with Crippen molar-refractivity contribution < 1.29 is 27.2 Å². The first kappa shape index (κ1) is 26.9. The monoisotopic (exact) mass is 549 g/mol. The number of aryl methyl sites for hydroxylation is 1. The number of nitrogens with zero attached hydrogens (tertiary/aromatic N) is 4. The second kappa shape index (κ2) is 10.8. The first-order chi connectivity index (χ1) is 19.1. The normalized spacial score (nSPS) is 15.8. The first-order valence-electron chi connectivity index (χ1n) is 12.3. The molecule has 0 bridgehead atoms. The molecule has 1 N–H and O–H groups in total. The summed E-state index contributed by atoms with van der Waals surface area (Å²) in [4.78, 5) is 31.3. The van der Waals surface area contributed by atoms with Crippen LogP contribution in [-0.2, 0) is 11.0 Å². The van der Waals surface area contributed by atoms with Crippen LogP contribution in [0.2, 0.25) is 0 Å². The van der Waals surface area contributed by atoms with Crippen LogP contribution in [0.5, 0.6) is 0 Å². The number of alkyl halides is 3. The van der Waals surface area contributed by atoms with E-state index in [1.807, 2.05) is 37.3 Å². The summed E-state index contributed by atoms with van der Waals surface area (Å²) >= 11 is 0. The highest BCUT2D eigenvalue weighted by atomic mass is 19.4. The van der Waals surface area contributed by atoms with Crippen molar-refractivity contribution in [2.24, 2.45) is 5.16 Å². The van der Waals surface area contributed by atoms with Crippen LogP contribution in [0.25, 0.3) is 11.3 Å². The van der Waals surface area contributed by atoms with Crippen molar-refractivity contribution in [3.05, 3.63) is 113 Å². The Balaban J connectivity index is 1.44. The Bertz CT molecular complexity index is 1570. The quantitative estimate of drug-likeness (QED) is 0.283. The van der Waals surface area contributed by atoms with E-state index in [1.165, 1.54) is 6.92 Å². The number of carbonyl (C=O) groups is 1. The van der Waals surface area contributed by atoms with Gasteiger partial charge in [-0.1, -0.05) is 17.3 Å². The number of carbonyl (C=O) groups excluding carboxylic acids is 1. The summed E-state index contributed by atoms with van der Waals surface area (Å²) in [7, 11) is 0. The van der Waals surface area contributed by atoms with Gasteiger partial charge in [-0.25, -0.2) is 4.39 Å². The van der Waals surface area contributed by atoms with E-state index in [9.17, 15) is 22.4 Å². The van der Waals surface area contributed by atoms with Crippen molar-refractivity contribution in [2.45, 2.75) is 38.6 Å². The SMILES string of the molecule is Cc1ccc(-c2cc(C(=O)N[C@H](C)c3ncc(C(F)(F)F)cc3F)cc(C3=NO[C@H](c4ccccn4)C3)c2)nc1. The van der Waals surface area contributed by atoms with E-state index in [4.69, 9.17) is 4.84 Å². The zero-order valence-electron chi connectivity index (χ0n) is 21.4. The van der Waals surface area contributed by atoms with Crippen molar-refractivity contribution in [1.82, 2.24) is 20.3 Å². The van der Waals surface area contributed by atoms with E-state index in [0.717, 1.165) is 11.3 Å². The van der Waals surface area contributed by atoms with Crippen LogP contribution in [-0.4, -0.2) is 26.6 Å². The number of benzene rings is 1. The molecular formula is C29H23F4N5O2. The third-order valence-electron chi connectivity index (χ3n) is 6.38. The molecule has 0 radical (unpaired) electrons. The van der Waals surface area contributed by atoms with E-state index in [-0.39, 0.29) is 17.4 Å². The Hall–Kier alpha value is -4.67. The van der Waals surface area contributed by atoms with Gasteiger partial charge in [0.25, 0.3) is 5.91 Å². The van der Waals surface area contributed by atoms with Gasteiger partial charge in [0.05, 0.1) is 34.4 Å². The van der Waals surface area contributed by atoms with Crippen molar-refractivity contribution in [3.8, 4) is 11.3 Å². The highest BCUT2D eigenvalue weighted by Gasteiger charge is 2.32. The molecule has 1 aliphatic heterocycles.